The van der Waals surface area contributed by atoms with Crippen molar-refractivity contribution < 1.29 is 19.0 Å². The number of epoxide rings is 1. The zero-order valence-electron chi connectivity index (χ0n) is 5.83. The van der Waals surface area contributed by atoms with Gasteiger partial charge in [-0.25, -0.2) is 4.79 Å². The zero-order valence-corrected chi connectivity index (χ0v) is 5.83. The van der Waals surface area contributed by atoms with Crippen LogP contribution in [-0.4, -0.2) is 32.1 Å². The first-order valence-electron chi connectivity index (χ1n) is 3.24. The van der Waals surface area contributed by atoms with E-state index in [2.05, 4.69) is 9.47 Å². The molecule has 0 N–H and O–H groups in total. The van der Waals surface area contributed by atoms with Crippen LogP contribution in [0.25, 0.3) is 0 Å². The maximum absolute atomic E-state index is 10.5. The van der Waals surface area contributed by atoms with Crippen LogP contribution in [0.5, 0.6) is 0 Å². The van der Waals surface area contributed by atoms with Gasteiger partial charge < -0.3 is 14.2 Å². The van der Waals surface area contributed by atoms with Crippen molar-refractivity contribution in [3.8, 4) is 0 Å². The normalized spacial score (nSPS) is 21.9. The summed E-state index contributed by atoms with van der Waals surface area (Å²) in [6.07, 6.45) is -0.498. The fourth-order valence-electron chi connectivity index (χ4n) is 0.485. The molecule has 1 atom stereocenters. The van der Waals surface area contributed by atoms with E-state index in [-0.39, 0.29) is 6.10 Å². The Morgan fingerprint density at radius 2 is 2.40 bits per heavy atom. The molecule has 0 bridgehead atoms. The van der Waals surface area contributed by atoms with E-state index in [9.17, 15) is 4.79 Å². The first-order chi connectivity index (χ1) is 4.83. The minimum absolute atomic E-state index is 0.115. The summed E-state index contributed by atoms with van der Waals surface area (Å²) in [4.78, 5) is 10.5. The summed E-state index contributed by atoms with van der Waals surface area (Å²) in [6.45, 7) is 3.09. The molecule has 1 saturated heterocycles. The number of hydrogen-bond acceptors (Lipinski definition) is 4. The Morgan fingerprint density at radius 3 is 2.90 bits per heavy atom. The van der Waals surface area contributed by atoms with Gasteiger partial charge in [-0.05, 0) is 6.92 Å². The van der Waals surface area contributed by atoms with E-state index in [0.717, 1.165) is 0 Å². The summed E-state index contributed by atoms with van der Waals surface area (Å²) in [7, 11) is 0. The molecule has 1 fully saturated rings. The van der Waals surface area contributed by atoms with Gasteiger partial charge in [0.25, 0.3) is 0 Å². The quantitative estimate of drug-likeness (QED) is 0.431. The molecule has 0 saturated carbocycles. The topological polar surface area (TPSA) is 48.1 Å². The lowest BCUT2D eigenvalue weighted by Crippen LogP contribution is -2.10. The molecule has 0 aromatic carbocycles. The standard InChI is InChI=1S/C6H10O4/c1-2-8-6(7)10-4-5-3-9-5/h5H,2-4H2,1H3. The highest BCUT2D eigenvalue weighted by Gasteiger charge is 2.24. The molecule has 4 heteroatoms. The molecule has 1 unspecified atom stereocenters. The van der Waals surface area contributed by atoms with Crippen LogP contribution in [0.15, 0.2) is 0 Å². The van der Waals surface area contributed by atoms with E-state index >= 15 is 0 Å². The lowest BCUT2D eigenvalue weighted by atomic mass is 10.5. The predicted molar refractivity (Wildman–Crippen MR) is 32.7 cm³/mol. The van der Waals surface area contributed by atoms with Gasteiger partial charge in [0.15, 0.2) is 0 Å². The highest BCUT2D eigenvalue weighted by atomic mass is 16.7. The fourth-order valence-corrected chi connectivity index (χ4v) is 0.485. The lowest BCUT2D eigenvalue weighted by Gasteiger charge is -2.00. The Morgan fingerprint density at radius 1 is 1.70 bits per heavy atom. The van der Waals surface area contributed by atoms with Crippen molar-refractivity contribution in [2.24, 2.45) is 0 Å². The zero-order chi connectivity index (χ0) is 7.40. The second-order valence-electron chi connectivity index (χ2n) is 1.95. The van der Waals surface area contributed by atoms with E-state index in [4.69, 9.17) is 4.74 Å². The third kappa shape index (κ3) is 2.68. The van der Waals surface area contributed by atoms with Crippen LogP contribution < -0.4 is 0 Å². The summed E-state index contributed by atoms with van der Waals surface area (Å²) < 4.78 is 13.9. The van der Waals surface area contributed by atoms with Crippen molar-refractivity contribution in [3.05, 3.63) is 0 Å². The molecule has 58 valence electrons. The van der Waals surface area contributed by atoms with Crippen molar-refractivity contribution in [1.82, 2.24) is 0 Å². The molecule has 4 nitrogen and oxygen atoms in total. The highest BCUT2D eigenvalue weighted by Crippen LogP contribution is 2.08. The smallest absolute Gasteiger partial charge is 0.435 e. The number of rotatable bonds is 3. The Bertz CT molecular complexity index is 119. The minimum Gasteiger partial charge on any atom is -0.435 e. The molecular formula is C6H10O4. The molecule has 0 aliphatic carbocycles. The first kappa shape index (κ1) is 7.34. The molecule has 1 heterocycles. The molecule has 0 aromatic heterocycles. The van der Waals surface area contributed by atoms with Crippen LogP contribution in [0.2, 0.25) is 0 Å². The summed E-state index contributed by atoms with van der Waals surface area (Å²) in [5.74, 6) is 0. The molecule has 0 spiro atoms. The summed E-state index contributed by atoms with van der Waals surface area (Å²) in [6, 6.07) is 0. The third-order valence-electron chi connectivity index (χ3n) is 1.05. The maximum Gasteiger partial charge on any atom is 0.508 e. The molecule has 0 aromatic rings. The predicted octanol–water partition coefficient (Wildman–Crippen LogP) is 0.558. The molecular weight excluding hydrogens is 136 g/mol. The van der Waals surface area contributed by atoms with Crippen LogP contribution in [0.3, 0.4) is 0 Å². The van der Waals surface area contributed by atoms with Gasteiger partial charge in [0.2, 0.25) is 0 Å². The molecule has 1 rings (SSSR count). The lowest BCUT2D eigenvalue weighted by molar-refractivity contribution is 0.0541. The van der Waals surface area contributed by atoms with E-state index in [1.807, 2.05) is 0 Å². The van der Waals surface area contributed by atoms with E-state index in [1.54, 1.807) is 6.92 Å². The number of ether oxygens (including phenoxy) is 3. The maximum atomic E-state index is 10.5. The van der Waals surface area contributed by atoms with E-state index in [1.165, 1.54) is 0 Å². The van der Waals surface area contributed by atoms with Gasteiger partial charge in [-0.3, -0.25) is 0 Å². The minimum atomic E-state index is -0.613. The number of carbonyl (C=O) groups excluding carboxylic acids is 1. The Hall–Kier alpha value is -0.770. The van der Waals surface area contributed by atoms with Crippen molar-refractivity contribution >= 4 is 6.16 Å². The molecule has 1 aliphatic heterocycles. The second-order valence-corrected chi connectivity index (χ2v) is 1.95. The van der Waals surface area contributed by atoms with Crippen LogP contribution in [0.4, 0.5) is 4.79 Å². The van der Waals surface area contributed by atoms with Gasteiger partial charge in [0, 0.05) is 0 Å². The average molecular weight is 146 g/mol. The van der Waals surface area contributed by atoms with Crippen LogP contribution in [-0.2, 0) is 14.2 Å². The highest BCUT2D eigenvalue weighted by molar-refractivity contribution is 5.59. The average Bonchev–Trinajstić information content (AvgIpc) is 2.67. The molecule has 0 amide bonds. The third-order valence-corrected chi connectivity index (χ3v) is 1.05. The molecule has 1 aliphatic rings. The first-order valence-corrected chi connectivity index (χ1v) is 3.24. The van der Waals surface area contributed by atoms with Gasteiger partial charge in [0.1, 0.15) is 12.7 Å². The van der Waals surface area contributed by atoms with E-state index < -0.39 is 6.16 Å². The van der Waals surface area contributed by atoms with Crippen molar-refractivity contribution in [2.75, 3.05) is 19.8 Å². The largest absolute Gasteiger partial charge is 0.508 e. The van der Waals surface area contributed by atoms with Crippen LogP contribution in [0, 0.1) is 0 Å². The second kappa shape index (κ2) is 3.41. The van der Waals surface area contributed by atoms with Crippen LogP contribution in [0.1, 0.15) is 6.92 Å². The van der Waals surface area contributed by atoms with Crippen LogP contribution >= 0.6 is 0 Å². The van der Waals surface area contributed by atoms with E-state index in [0.29, 0.717) is 19.8 Å². The monoisotopic (exact) mass is 146 g/mol. The number of hydrogen-bond donors (Lipinski definition) is 0. The van der Waals surface area contributed by atoms with Crippen molar-refractivity contribution in [3.63, 3.8) is 0 Å². The number of carbonyl (C=O) groups is 1. The van der Waals surface area contributed by atoms with Gasteiger partial charge in [-0.15, -0.1) is 0 Å². The molecule has 0 radical (unpaired) electrons. The molecule has 10 heavy (non-hydrogen) atoms. The van der Waals surface area contributed by atoms with Gasteiger partial charge >= 0.3 is 6.16 Å². The van der Waals surface area contributed by atoms with Gasteiger partial charge in [-0.2, -0.15) is 0 Å². The summed E-state index contributed by atoms with van der Waals surface area (Å²) >= 11 is 0. The Balaban J connectivity index is 1.94. The fraction of sp³-hybridized carbons (Fsp3) is 0.833. The Kier molecular flexibility index (Phi) is 2.50. The van der Waals surface area contributed by atoms with Gasteiger partial charge in [-0.1, -0.05) is 0 Å². The summed E-state index contributed by atoms with van der Waals surface area (Å²) in [5.41, 5.74) is 0. The van der Waals surface area contributed by atoms with Gasteiger partial charge in [0.05, 0.1) is 13.2 Å². The van der Waals surface area contributed by atoms with Crippen molar-refractivity contribution in [2.45, 2.75) is 13.0 Å². The van der Waals surface area contributed by atoms with Crippen molar-refractivity contribution in [1.29, 1.82) is 0 Å². The Labute approximate surface area is 59.1 Å². The summed E-state index contributed by atoms with van der Waals surface area (Å²) in [5, 5.41) is 0. The SMILES string of the molecule is CCOC(=O)OCC1CO1.